The third kappa shape index (κ3) is 5.42. The fraction of sp³-hybridized carbons (Fsp3) is 0.370. The third-order valence-corrected chi connectivity index (χ3v) is 7.89. The van der Waals surface area contributed by atoms with Crippen LogP contribution in [0.5, 0.6) is 0 Å². The van der Waals surface area contributed by atoms with Crippen LogP contribution >= 0.6 is 11.3 Å². The fourth-order valence-electron chi connectivity index (χ4n) is 4.62. The van der Waals surface area contributed by atoms with Gasteiger partial charge in [-0.05, 0) is 36.1 Å². The van der Waals surface area contributed by atoms with E-state index in [9.17, 15) is 14.0 Å². The molecule has 3 aromatic rings. The largest absolute Gasteiger partial charge is 0.294 e. The summed E-state index contributed by atoms with van der Waals surface area (Å²) in [4.78, 5) is 9.55. The molecule has 0 fully saturated rings. The van der Waals surface area contributed by atoms with Crippen LogP contribution in [0.3, 0.4) is 0 Å². The van der Waals surface area contributed by atoms with Crippen molar-refractivity contribution in [2.75, 3.05) is 13.1 Å². The maximum Gasteiger partial charge on any atom is 0.185 e. The zero-order chi connectivity index (χ0) is 25.1. The van der Waals surface area contributed by atoms with Crippen molar-refractivity contribution in [1.29, 1.82) is 10.7 Å². The Bertz CT molecular complexity index is 1250. The molecule has 8 heteroatoms. The summed E-state index contributed by atoms with van der Waals surface area (Å²) in [5.74, 6) is -1.25. The third-order valence-electron chi connectivity index (χ3n) is 6.76. The molecule has 2 heterocycles. The van der Waals surface area contributed by atoms with E-state index in [1.54, 1.807) is 11.3 Å². The quantitative estimate of drug-likeness (QED) is 0.177. The zero-order valence-electron chi connectivity index (χ0n) is 20.1. The average molecular weight is 494 g/mol. The molecule has 1 aliphatic rings. The van der Waals surface area contributed by atoms with Gasteiger partial charge in [-0.2, -0.15) is 5.26 Å². The topological polar surface area (TPSA) is 67.0 Å². The number of nitriles is 1. The van der Waals surface area contributed by atoms with E-state index in [1.165, 1.54) is 27.5 Å². The molecule has 1 aliphatic heterocycles. The summed E-state index contributed by atoms with van der Waals surface area (Å²) in [7, 11) is 0. The monoisotopic (exact) mass is 493 g/mol. The molecule has 1 N–H and O–H groups in total. The predicted octanol–water partition coefficient (Wildman–Crippen LogP) is 6.13. The van der Waals surface area contributed by atoms with E-state index in [0.717, 1.165) is 41.6 Å². The minimum Gasteiger partial charge on any atom is -0.294 e. The number of nitrogens with zero attached hydrogens (tertiary/aromatic N) is 4. The van der Waals surface area contributed by atoms with Gasteiger partial charge in [0, 0.05) is 54.5 Å². The summed E-state index contributed by atoms with van der Waals surface area (Å²) in [6.07, 6.45) is 3.68. The average Bonchev–Trinajstić information content (AvgIpc) is 3.29. The zero-order valence-corrected chi connectivity index (χ0v) is 20.9. The molecule has 0 radical (unpaired) electrons. The molecule has 35 heavy (non-hydrogen) atoms. The lowest BCUT2D eigenvalue weighted by molar-refractivity contribution is 0.159. The van der Waals surface area contributed by atoms with E-state index in [4.69, 9.17) is 10.4 Å². The Morgan fingerprint density at radius 2 is 2.03 bits per heavy atom. The molecule has 0 bridgehead atoms. The van der Waals surface area contributed by atoms with Gasteiger partial charge in [0.15, 0.2) is 6.19 Å². The van der Waals surface area contributed by atoms with Crippen molar-refractivity contribution in [3.8, 4) is 16.8 Å². The van der Waals surface area contributed by atoms with Gasteiger partial charge in [-0.3, -0.25) is 15.2 Å². The summed E-state index contributed by atoms with van der Waals surface area (Å²) < 4.78 is 28.4. The van der Waals surface area contributed by atoms with E-state index in [0.29, 0.717) is 18.0 Å². The number of fused-ring (bicyclic) bond motifs is 1. The maximum atomic E-state index is 14.8. The van der Waals surface area contributed by atoms with Gasteiger partial charge in [0.1, 0.15) is 16.6 Å². The van der Waals surface area contributed by atoms with Crippen molar-refractivity contribution in [1.82, 2.24) is 14.8 Å². The van der Waals surface area contributed by atoms with Crippen LogP contribution in [0.4, 0.5) is 8.78 Å². The van der Waals surface area contributed by atoms with Crippen molar-refractivity contribution in [2.24, 2.45) is 0 Å². The molecule has 0 amide bonds. The number of aromatic nitrogens is 1. The molecule has 0 saturated heterocycles. The predicted molar refractivity (Wildman–Crippen MR) is 135 cm³/mol. The van der Waals surface area contributed by atoms with Crippen molar-refractivity contribution < 1.29 is 8.78 Å². The Labute approximate surface area is 209 Å². The smallest absolute Gasteiger partial charge is 0.185 e. The summed E-state index contributed by atoms with van der Waals surface area (Å²) >= 11 is 1.69. The van der Waals surface area contributed by atoms with Crippen molar-refractivity contribution in [2.45, 2.75) is 51.6 Å². The van der Waals surface area contributed by atoms with Crippen molar-refractivity contribution in [3.63, 3.8) is 0 Å². The van der Waals surface area contributed by atoms with Crippen LogP contribution in [0.1, 0.15) is 54.3 Å². The Morgan fingerprint density at radius 1 is 1.23 bits per heavy atom. The second kappa shape index (κ2) is 10.6. The maximum absolute atomic E-state index is 14.8. The Kier molecular flexibility index (Phi) is 7.58. The van der Waals surface area contributed by atoms with Crippen LogP contribution in [-0.2, 0) is 13.0 Å². The van der Waals surface area contributed by atoms with E-state index in [-0.39, 0.29) is 12.6 Å². The van der Waals surface area contributed by atoms with Gasteiger partial charge in [-0.25, -0.2) is 13.8 Å². The molecule has 1 aromatic heterocycles. The standard InChI is InChI=1S/C27H29F2N5S/c1-17(2)19-5-4-6-20(11-19)27-32-25-9-10-34(14-26(25)35-27)18(3)23(13-33(15-30)16-31)22-8-7-21(28)12-24(22)29/h4-8,11-12,15,17-18,23,30H,9-10,13-14H2,1-3H3/t18-,23?/m1/s1. The van der Waals surface area contributed by atoms with E-state index >= 15 is 0 Å². The number of rotatable bonds is 8. The molecule has 0 saturated carbocycles. The van der Waals surface area contributed by atoms with Gasteiger partial charge in [0.25, 0.3) is 0 Å². The summed E-state index contributed by atoms with van der Waals surface area (Å²) in [6.45, 7) is 7.93. The number of benzene rings is 2. The first-order valence-corrected chi connectivity index (χ1v) is 12.6. The van der Waals surface area contributed by atoms with Crippen LogP contribution in [0.2, 0.25) is 0 Å². The van der Waals surface area contributed by atoms with Crippen LogP contribution in [0, 0.1) is 28.5 Å². The van der Waals surface area contributed by atoms with Gasteiger partial charge >= 0.3 is 0 Å². The molecule has 2 aromatic carbocycles. The Hall–Kier alpha value is -3.15. The van der Waals surface area contributed by atoms with E-state index < -0.39 is 17.6 Å². The highest BCUT2D eigenvalue weighted by Gasteiger charge is 2.32. The molecule has 182 valence electrons. The number of halogens is 2. The molecule has 2 atom stereocenters. The molecule has 0 aliphatic carbocycles. The summed E-state index contributed by atoms with van der Waals surface area (Å²) in [5, 5.41) is 17.9. The minimum atomic E-state index is -0.636. The van der Waals surface area contributed by atoms with Gasteiger partial charge in [-0.15, -0.1) is 11.3 Å². The summed E-state index contributed by atoms with van der Waals surface area (Å²) in [6, 6.07) is 11.9. The molecule has 4 rings (SSSR count). The minimum absolute atomic E-state index is 0.142. The Balaban J connectivity index is 1.60. The highest BCUT2D eigenvalue weighted by Crippen LogP contribution is 2.35. The summed E-state index contributed by atoms with van der Waals surface area (Å²) in [5.41, 5.74) is 3.86. The van der Waals surface area contributed by atoms with Crippen LogP contribution in [0.25, 0.3) is 10.6 Å². The highest BCUT2D eigenvalue weighted by molar-refractivity contribution is 7.15. The highest BCUT2D eigenvalue weighted by atomic mass is 32.1. The number of hydrogen-bond donors (Lipinski definition) is 1. The second-order valence-electron chi connectivity index (χ2n) is 9.28. The first-order valence-electron chi connectivity index (χ1n) is 11.8. The lowest BCUT2D eigenvalue weighted by atomic mass is 9.89. The molecular formula is C27H29F2N5S. The van der Waals surface area contributed by atoms with Crippen LogP contribution in [-0.4, -0.2) is 40.3 Å². The van der Waals surface area contributed by atoms with Crippen molar-refractivity contribution >= 4 is 17.7 Å². The SMILES string of the molecule is CC(C)c1cccc(-c2nc3c(s2)CN([C@H](C)C(CN(C#N)C=N)c2ccc(F)cc2F)CC3)c1. The van der Waals surface area contributed by atoms with E-state index in [1.807, 2.05) is 13.1 Å². The van der Waals surface area contributed by atoms with Crippen molar-refractivity contribution in [3.05, 3.63) is 75.8 Å². The fourth-order valence-corrected chi connectivity index (χ4v) is 5.75. The number of hydrogen-bond acceptors (Lipinski definition) is 5. The van der Waals surface area contributed by atoms with Gasteiger partial charge in [0.2, 0.25) is 0 Å². The Morgan fingerprint density at radius 3 is 2.71 bits per heavy atom. The van der Waals surface area contributed by atoms with Crippen LogP contribution in [0.15, 0.2) is 42.5 Å². The molecule has 5 nitrogen and oxygen atoms in total. The molecule has 0 spiro atoms. The molecular weight excluding hydrogens is 464 g/mol. The number of nitrogens with one attached hydrogen (secondary N) is 1. The van der Waals surface area contributed by atoms with Gasteiger partial charge in [0.05, 0.1) is 12.0 Å². The van der Waals surface area contributed by atoms with Crippen LogP contribution < -0.4 is 0 Å². The first-order chi connectivity index (χ1) is 16.8. The lowest BCUT2D eigenvalue weighted by Gasteiger charge is -2.37. The first kappa shape index (κ1) is 25.0. The second-order valence-corrected chi connectivity index (χ2v) is 10.4. The molecule has 1 unspecified atom stereocenters. The lowest BCUT2D eigenvalue weighted by Crippen LogP contribution is -2.43. The van der Waals surface area contributed by atoms with Gasteiger partial charge in [-0.1, -0.05) is 38.1 Å². The normalized spacial score (nSPS) is 15.3. The van der Waals surface area contributed by atoms with E-state index in [2.05, 4.69) is 43.0 Å². The van der Waals surface area contributed by atoms with Gasteiger partial charge < -0.3 is 0 Å². The number of thiazole rings is 1.